The third-order valence-corrected chi connectivity index (χ3v) is 3.15. The van der Waals surface area contributed by atoms with E-state index in [1.807, 2.05) is 0 Å². The van der Waals surface area contributed by atoms with E-state index >= 15 is 0 Å². The van der Waals surface area contributed by atoms with Crippen molar-refractivity contribution in [2.45, 2.75) is 25.8 Å². The van der Waals surface area contributed by atoms with Crippen LogP contribution in [-0.4, -0.2) is 60.9 Å². The summed E-state index contributed by atoms with van der Waals surface area (Å²) in [7, 11) is 0. The van der Waals surface area contributed by atoms with Crippen molar-refractivity contribution in [3.63, 3.8) is 0 Å². The quantitative estimate of drug-likeness (QED) is 0.555. The van der Waals surface area contributed by atoms with Crippen molar-refractivity contribution in [3.8, 4) is 0 Å². The molecule has 0 bridgehead atoms. The van der Waals surface area contributed by atoms with Gasteiger partial charge in [0.25, 0.3) is 0 Å². The van der Waals surface area contributed by atoms with Gasteiger partial charge in [-0.05, 0) is 19.3 Å². The van der Waals surface area contributed by atoms with Gasteiger partial charge < -0.3 is 25.8 Å². The number of piperidine rings is 1. The highest BCUT2D eigenvalue weighted by atomic mass is 16.5. The number of ether oxygens (including phenoxy) is 1. The van der Waals surface area contributed by atoms with E-state index in [-0.39, 0.29) is 31.0 Å². The number of hydrogen-bond donors (Lipinski definition) is 3. The van der Waals surface area contributed by atoms with Crippen molar-refractivity contribution in [1.82, 2.24) is 10.2 Å². The lowest BCUT2D eigenvalue weighted by Gasteiger charge is -2.37. The largest absolute Gasteiger partial charge is 0.466 e. The number of aliphatic hydroxyl groups excluding tert-OH is 1. The van der Waals surface area contributed by atoms with E-state index in [0.717, 1.165) is 6.42 Å². The number of likely N-dealkylation sites (tertiary alicyclic amines) is 1. The topological polar surface area (TPSA) is 105 Å². The fraction of sp³-hybridized carbons (Fsp3) is 0.833. The number of urea groups is 1. The molecular weight excluding hydrogens is 250 g/mol. The molecule has 1 fully saturated rings. The highest BCUT2D eigenvalue weighted by molar-refractivity contribution is 5.73. The molecule has 0 aromatic rings. The Morgan fingerprint density at radius 3 is 2.79 bits per heavy atom. The van der Waals surface area contributed by atoms with Crippen LogP contribution in [0.15, 0.2) is 0 Å². The normalized spacial score (nSPS) is 23.2. The number of primary amides is 1. The van der Waals surface area contributed by atoms with Gasteiger partial charge in [-0.3, -0.25) is 4.79 Å². The summed E-state index contributed by atoms with van der Waals surface area (Å²) in [5.74, 6) is -0.212. The Kier molecular flexibility index (Phi) is 6.58. The van der Waals surface area contributed by atoms with Crippen molar-refractivity contribution in [1.29, 1.82) is 0 Å². The second-order valence-corrected chi connectivity index (χ2v) is 4.73. The Hall–Kier alpha value is -1.34. The molecule has 7 heteroatoms. The van der Waals surface area contributed by atoms with Crippen molar-refractivity contribution >= 4 is 12.0 Å². The summed E-state index contributed by atoms with van der Waals surface area (Å²) in [6, 6.07) is -0.433. The highest BCUT2D eigenvalue weighted by Gasteiger charge is 2.30. The van der Waals surface area contributed by atoms with Crippen LogP contribution >= 0.6 is 0 Å². The van der Waals surface area contributed by atoms with Gasteiger partial charge in [-0.25, -0.2) is 4.79 Å². The van der Waals surface area contributed by atoms with Crippen molar-refractivity contribution < 1.29 is 19.4 Å². The van der Waals surface area contributed by atoms with Crippen LogP contribution in [-0.2, 0) is 9.53 Å². The Morgan fingerprint density at radius 2 is 2.21 bits per heavy atom. The molecule has 0 aromatic heterocycles. The number of hydrogen-bond acceptors (Lipinski definition) is 5. The molecule has 0 saturated carbocycles. The maximum Gasteiger partial charge on any atom is 0.314 e. The minimum absolute atomic E-state index is 0.0373. The van der Waals surface area contributed by atoms with Crippen molar-refractivity contribution in [2.24, 2.45) is 11.7 Å². The fourth-order valence-electron chi connectivity index (χ4n) is 2.40. The SMILES string of the molecule is CCOC(=O)CC1CC(NCCO)CN(C(N)=O)C1. The van der Waals surface area contributed by atoms with E-state index in [9.17, 15) is 9.59 Å². The molecular formula is C12H23N3O4. The molecule has 0 radical (unpaired) electrons. The molecule has 0 spiro atoms. The van der Waals surface area contributed by atoms with Crippen molar-refractivity contribution in [2.75, 3.05) is 32.8 Å². The zero-order chi connectivity index (χ0) is 14.3. The number of nitrogens with one attached hydrogen (secondary N) is 1. The second kappa shape index (κ2) is 7.96. The first-order chi connectivity index (χ1) is 9.06. The molecule has 1 rings (SSSR count). The molecule has 2 amide bonds. The maximum atomic E-state index is 11.5. The van der Waals surface area contributed by atoms with Crippen LogP contribution in [0.4, 0.5) is 4.79 Å². The van der Waals surface area contributed by atoms with Crippen LogP contribution in [0.5, 0.6) is 0 Å². The molecule has 1 saturated heterocycles. The van der Waals surface area contributed by atoms with E-state index < -0.39 is 6.03 Å². The average molecular weight is 273 g/mol. The number of amides is 2. The maximum absolute atomic E-state index is 11.5. The van der Waals surface area contributed by atoms with Gasteiger partial charge in [-0.1, -0.05) is 0 Å². The lowest BCUT2D eigenvalue weighted by molar-refractivity contribution is -0.144. The molecule has 1 aliphatic heterocycles. The predicted octanol–water partition coefficient (Wildman–Crippen LogP) is -0.709. The van der Waals surface area contributed by atoms with E-state index in [1.165, 1.54) is 4.90 Å². The third kappa shape index (κ3) is 5.44. The first-order valence-electron chi connectivity index (χ1n) is 6.61. The van der Waals surface area contributed by atoms with E-state index in [2.05, 4.69) is 5.32 Å². The standard InChI is InChI=1S/C12H23N3O4/c1-2-19-11(17)6-9-5-10(14-3-4-16)8-15(7-9)12(13)18/h9-10,14,16H,2-8H2,1H3,(H2,13,18). The van der Waals surface area contributed by atoms with Gasteiger partial charge in [-0.2, -0.15) is 0 Å². The Morgan fingerprint density at radius 1 is 1.47 bits per heavy atom. The zero-order valence-electron chi connectivity index (χ0n) is 11.3. The number of nitrogens with zero attached hydrogens (tertiary/aromatic N) is 1. The summed E-state index contributed by atoms with van der Waals surface area (Å²) in [6.07, 6.45) is 1.05. The number of nitrogens with two attached hydrogens (primary N) is 1. The number of esters is 1. The fourth-order valence-corrected chi connectivity index (χ4v) is 2.40. The van der Waals surface area contributed by atoms with Gasteiger partial charge in [0, 0.05) is 25.7 Å². The minimum Gasteiger partial charge on any atom is -0.466 e. The second-order valence-electron chi connectivity index (χ2n) is 4.73. The summed E-state index contributed by atoms with van der Waals surface area (Å²) in [5, 5.41) is 12.0. The molecule has 7 nitrogen and oxygen atoms in total. The monoisotopic (exact) mass is 273 g/mol. The lowest BCUT2D eigenvalue weighted by Crippen LogP contribution is -2.53. The number of rotatable bonds is 6. The van der Waals surface area contributed by atoms with E-state index in [4.69, 9.17) is 15.6 Å². The summed E-state index contributed by atoms with van der Waals surface area (Å²) in [5.41, 5.74) is 5.30. The van der Waals surface area contributed by atoms with Crippen LogP contribution in [0.1, 0.15) is 19.8 Å². The molecule has 1 aliphatic rings. The third-order valence-electron chi connectivity index (χ3n) is 3.15. The van der Waals surface area contributed by atoms with Gasteiger partial charge in [0.1, 0.15) is 0 Å². The minimum atomic E-state index is -0.482. The molecule has 4 N–H and O–H groups in total. The predicted molar refractivity (Wildman–Crippen MR) is 69.4 cm³/mol. The van der Waals surface area contributed by atoms with E-state index in [1.54, 1.807) is 6.92 Å². The molecule has 2 atom stereocenters. The molecule has 110 valence electrons. The van der Waals surface area contributed by atoms with Crippen molar-refractivity contribution in [3.05, 3.63) is 0 Å². The van der Waals surface area contributed by atoms with Gasteiger partial charge in [0.05, 0.1) is 19.6 Å². The van der Waals surface area contributed by atoms with Crippen LogP contribution in [0.25, 0.3) is 0 Å². The van der Waals surface area contributed by atoms with Crippen LogP contribution in [0, 0.1) is 5.92 Å². The molecule has 0 aliphatic carbocycles. The van der Waals surface area contributed by atoms with Gasteiger partial charge in [-0.15, -0.1) is 0 Å². The Balaban J connectivity index is 2.54. The van der Waals surface area contributed by atoms with Crippen LogP contribution in [0.3, 0.4) is 0 Å². The van der Waals surface area contributed by atoms with Crippen LogP contribution in [0.2, 0.25) is 0 Å². The first kappa shape index (κ1) is 15.7. The number of aliphatic hydroxyl groups is 1. The lowest BCUT2D eigenvalue weighted by atomic mass is 9.91. The van der Waals surface area contributed by atoms with E-state index in [0.29, 0.717) is 26.2 Å². The zero-order valence-corrected chi connectivity index (χ0v) is 11.3. The van der Waals surface area contributed by atoms with Gasteiger partial charge in [0.2, 0.25) is 0 Å². The average Bonchev–Trinajstić information content (AvgIpc) is 2.36. The molecule has 19 heavy (non-hydrogen) atoms. The number of carbonyl (C=O) groups is 2. The highest BCUT2D eigenvalue weighted by Crippen LogP contribution is 2.20. The summed E-state index contributed by atoms with van der Waals surface area (Å²) < 4.78 is 4.92. The smallest absolute Gasteiger partial charge is 0.314 e. The summed E-state index contributed by atoms with van der Waals surface area (Å²) >= 11 is 0. The number of carbonyl (C=O) groups excluding carboxylic acids is 2. The molecule has 1 heterocycles. The molecule has 2 unspecified atom stereocenters. The summed E-state index contributed by atoms with van der Waals surface area (Å²) in [6.45, 7) is 3.61. The first-order valence-corrected chi connectivity index (χ1v) is 6.61. The van der Waals surface area contributed by atoms with Gasteiger partial charge in [0.15, 0.2) is 0 Å². The summed E-state index contributed by atoms with van der Waals surface area (Å²) in [4.78, 5) is 24.3. The van der Waals surface area contributed by atoms with Crippen LogP contribution < -0.4 is 11.1 Å². The van der Waals surface area contributed by atoms with Gasteiger partial charge >= 0.3 is 12.0 Å². The molecule has 0 aromatic carbocycles. The Bertz CT molecular complexity index is 311. The Labute approximate surface area is 113 Å².